The SMILES string of the molecule is COC(=O)Nc1cc(C(=O)Nc2ccc(C)c(-c3cc(C(=O)NCC(C)(C)C)on3)c2)cc(C(C)(C)C)c1. The zero-order chi connectivity index (χ0) is 28.3. The van der Waals surface area contributed by atoms with Gasteiger partial charge in [0.2, 0.25) is 5.76 Å². The number of methoxy groups -OCH3 is 1. The summed E-state index contributed by atoms with van der Waals surface area (Å²) in [6.07, 6.45) is -0.621. The number of carbonyl (C=O) groups excluding carboxylic acids is 3. The fourth-order valence-electron chi connectivity index (χ4n) is 3.55. The number of nitrogens with zero attached hydrogens (tertiary/aromatic N) is 1. The Morgan fingerprint density at radius 1 is 0.895 bits per heavy atom. The molecule has 202 valence electrons. The van der Waals surface area contributed by atoms with Crippen LogP contribution in [-0.2, 0) is 10.2 Å². The molecule has 0 spiro atoms. The number of anilines is 2. The molecule has 0 saturated heterocycles. The molecule has 3 amide bonds. The first kappa shape index (κ1) is 28.4. The minimum atomic E-state index is -0.621. The van der Waals surface area contributed by atoms with E-state index in [0.717, 1.165) is 16.7 Å². The van der Waals surface area contributed by atoms with Gasteiger partial charge in [0.15, 0.2) is 0 Å². The second kappa shape index (κ2) is 11.1. The van der Waals surface area contributed by atoms with Crippen molar-refractivity contribution in [1.29, 1.82) is 0 Å². The maximum absolute atomic E-state index is 13.2. The lowest BCUT2D eigenvalue weighted by Crippen LogP contribution is -2.31. The lowest BCUT2D eigenvalue weighted by molar-refractivity contribution is 0.0902. The number of nitrogens with one attached hydrogen (secondary N) is 3. The maximum Gasteiger partial charge on any atom is 0.411 e. The van der Waals surface area contributed by atoms with Crippen molar-refractivity contribution >= 4 is 29.3 Å². The van der Waals surface area contributed by atoms with Gasteiger partial charge in [0.1, 0.15) is 5.69 Å². The van der Waals surface area contributed by atoms with Gasteiger partial charge in [0.25, 0.3) is 11.8 Å². The Kier molecular flexibility index (Phi) is 8.29. The van der Waals surface area contributed by atoms with Gasteiger partial charge in [-0.2, -0.15) is 0 Å². The molecule has 2 aromatic carbocycles. The fourth-order valence-corrected chi connectivity index (χ4v) is 3.55. The van der Waals surface area contributed by atoms with Crippen LogP contribution in [0.25, 0.3) is 11.3 Å². The summed E-state index contributed by atoms with van der Waals surface area (Å²) in [5.74, 6) is -0.570. The van der Waals surface area contributed by atoms with E-state index < -0.39 is 6.09 Å². The number of aromatic nitrogens is 1. The molecule has 1 aromatic heterocycles. The summed E-state index contributed by atoms with van der Waals surface area (Å²) in [7, 11) is 1.28. The number of rotatable bonds is 6. The Morgan fingerprint density at radius 2 is 1.61 bits per heavy atom. The lowest BCUT2D eigenvalue weighted by Gasteiger charge is -2.21. The maximum atomic E-state index is 13.2. The Bertz CT molecular complexity index is 1350. The first-order chi connectivity index (χ1) is 17.7. The smallest absolute Gasteiger partial charge is 0.411 e. The Labute approximate surface area is 223 Å². The monoisotopic (exact) mass is 520 g/mol. The number of amides is 3. The van der Waals surface area contributed by atoms with Crippen LogP contribution < -0.4 is 16.0 Å². The molecule has 0 fully saturated rings. The van der Waals surface area contributed by atoms with Gasteiger partial charge in [-0.1, -0.05) is 52.8 Å². The Morgan fingerprint density at radius 3 is 2.24 bits per heavy atom. The van der Waals surface area contributed by atoms with Gasteiger partial charge >= 0.3 is 6.09 Å². The average molecular weight is 521 g/mol. The number of hydrogen-bond donors (Lipinski definition) is 3. The largest absolute Gasteiger partial charge is 0.453 e. The number of ether oxygens (including phenoxy) is 1. The van der Waals surface area contributed by atoms with Gasteiger partial charge < -0.3 is 19.9 Å². The highest BCUT2D eigenvalue weighted by molar-refractivity contribution is 6.05. The van der Waals surface area contributed by atoms with Gasteiger partial charge in [-0.15, -0.1) is 0 Å². The summed E-state index contributed by atoms with van der Waals surface area (Å²) in [6, 6.07) is 12.2. The Balaban J connectivity index is 1.85. The third-order valence-corrected chi connectivity index (χ3v) is 5.78. The second-order valence-electron chi connectivity index (χ2n) is 11.5. The lowest BCUT2D eigenvalue weighted by atomic mass is 9.85. The van der Waals surface area contributed by atoms with E-state index in [-0.39, 0.29) is 28.4 Å². The molecule has 9 heteroatoms. The summed E-state index contributed by atoms with van der Waals surface area (Å²) < 4.78 is 9.99. The average Bonchev–Trinajstić information content (AvgIpc) is 3.32. The summed E-state index contributed by atoms with van der Waals surface area (Å²) >= 11 is 0. The molecule has 0 radical (unpaired) electrons. The van der Waals surface area contributed by atoms with Crippen molar-refractivity contribution < 1.29 is 23.6 Å². The molecule has 0 atom stereocenters. The van der Waals surface area contributed by atoms with Crippen LogP contribution in [0.1, 0.15) is 73.6 Å². The molecule has 0 aliphatic rings. The molecule has 0 saturated carbocycles. The molecular formula is C29H36N4O5. The predicted molar refractivity (Wildman–Crippen MR) is 148 cm³/mol. The van der Waals surface area contributed by atoms with Crippen LogP contribution in [-0.4, -0.2) is 36.7 Å². The third kappa shape index (κ3) is 7.44. The third-order valence-electron chi connectivity index (χ3n) is 5.78. The molecule has 0 aliphatic carbocycles. The van der Waals surface area contributed by atoms with Crippen molar-refractivity contribution in [3.8, 4) is 11.3 Å². The van der Waals surface area contributed by atoms with E-state index in [1.807, 2.05) is 60.6 Å². The summed E-state index contributed by atoms with van der Waals surface area (Å²) in [4.78, 5) is 37.5. The van der Waals surface area contributed by atoms with E-state index in [1.165, 1.54) is 7.11 Å². The van der Waals surface area contributed by atoms with Crippen LogP contribution in [0.4, 0.5) is 16.2 Å². The molecule has 0 unspecified atom stereocenters. The van der Waals surface area contributed by atoms with Crippen LogP contribution >= 0.6 is 0 Å². The van der Waals surface area contributed by atoms with E-state index >= 15 is 0 Å². The summed E-state index contributed by atoms with van der Waals surface area (Å²) in [5, 5.41) is 12.5. The highest BCUT2D eigenvalue weighted by atomic mass is 16.5. The van der Waals surface area contributed by atoms with E-state index in [2.05, 4.69) is 21.1 Å². The highest BCUT2D eigenvalue weighted by Crippen LogP contribution is 2.29. The van der Waals surface area contributed by atoms with Crippen molar-refractivity contribution in [2.75, 3.05) is 24.3 Å². The molecule has 9 nitrogen and oxygen atoms in total. The molecule has 3 rings (SSSR count). The zero-order valence-corrected chi connectivity index (χ0v) is 23.2. The first-order valence-corrected chi connectivity index (χ1v) is 12.3. The van der Waals surface area contributed by atoms with Crippen molar-refractivity contribution in [2.24, 2.45) is 5.41 Å². The summed E-state index contributed by atoms with van der Waals surface area (Å²) in [5.41, 5.74) is 4.04. The number of carbonyl (C=O) groups is 3. The second-order valence-corrected chi connectivity index (χ2v) is 11.5. The van der Waals surface area contributed by atoms with Crippen LogP contribution in [0.15, 0.2) is 47.0 Å². The zero-order valence-electron chi connectivity index (χ0n) is 23.2. The molecule has 0 bridgehead atoms. The van der Waals surface area contributed by atoms with Crippen LogP contribution in [0.2, 0.25) is 0 Å². The van der Waals surface area contributed by atoms with Crippen LogP contribution in [0.3, 0.4) is 0 Å². The van der Waals surface area contributed by atoms with E-state index in [9.17, 15) is 14.4 Å². The summed E-state index contributed by atoms with van der Waals surface area (Å²) in [6.45, 7) is 14.5. The van der Waals surface area contributed by atoms with Crippen molar-refractivity contribution in [1.82, 2.24) is 10.5 Å². The molecule has 38 heavy (non-hydrogen) atoms. The van der Waals surface area contributed by atoms with Crippen molar-refractivity contribution in [3.63, 3.8) is 0 Å². The van der Waals surface area contributed by atoms with Gasteiger partial charge in [0.05, 0.1) is 7.11 Å². The molecular weight excluding hydrogens is 484 g/mol. The molecule has 1 heterocycles. The highest BCUT2D eigenvalue weighted by Gasteiger charge is 2.20. The van der Waals surface area contributed by atoms with Gasteiger partial charge in [-0.05, 0) is 59.2 Å². The molecule has 0 aliphatic heterocycles. The minimum absolute atomic E-state index is 0.0653. The van der Waals surface area contributed by atoms with Crippen LogP contribution in [0.5, 0.6) is 0 Å². The first-order valence-electron chi connectivity index (χ1n) is 12.3. The van der Waals surface area contributed by atoms with Gasteiger partial charge in [0, 0.05) is 35.1 Å². The minimum Gasteiger partial charge on any atom is -0.453 e. The standard InChI is InChI=1S/C29H36N4O5/c1-17-9-10-20(14-22(17)23-15-24(38-33-23)26(35)30-16-28(2,3)4)31-25(34)18-11-19(29(5,6)7)13-21(12-18)32-27(36)37-8/h9-15H,16H2,1-8H3,(H,30,35)(H,31,34)(H,32,36). The number of hydrogen-bond acceptors (Lipinski definition) is 6. The van der Waals surface area contributed by atoms with E-state index in [0.29, 0.717) is 29.2 Å². The van der Waals surface area contributed by atoms with E-state index in [1.54, 1.807) is 30.3 Å². The van der Waals surface area contributed by atoms with Gasteiger partial charge in [-0.3, -0.25) is 14.9 Å². The van der Waals surface area contributed by atoms with Crippen LogP contribution in [0, 0.1) is 12.3 Å². The van der Waals surface area contributed by atoms with Gasteiger partial charge in [-0.25, -0.2) is 4.79 Å². The van der Waals surface area contributed by atoms with Crippen molar-refractivity contribution in [2.45, 2.75) is 53.9 Å². The normalized spacial score (nSPS) is 11.6. The topological polar surface area (TPSA) is 123 Å². The van der Waals surface area contributed by atoms with Crippen molar-refractivity contribution in [3.05, 3.63) is 64.9 Å². The molecule has 3 N–H and O–H groups in total. The Hall–Kier alpha value is -4.14. The fraction of sp³-hybridized carbons (Fsp3) is 0.379. The number of aryl methyl sites for hydroxylation is 1. The van der Waals surface area contributed by atoms with E-state index in [4.69, 9.17) is 9.26 Å². The predicted octanol–water partition coefficient (Wildman–Crippen LogP) is 6.15. The number of benzene rings is 2. The quantitative estimate of drug-likeness (QED) is 0.358. The molecule has 3 aromatic rings.